The fourth-order valence-corrected chi connectivity index (χ4v) is 4.25. The van der Waals surface area contributed by atoms with Crippen LogP contribution in [0.3, 0.4) is 0 Å². The molecular weight excluding hydrogens is 376 g/mol. The summed E-state index contributed by atoms with van der Waals surface area (Å²) in [6, 6.07) is 4.59. The van der Waals surface area contributed by atoms with Gasteiger partial charge in [0.25, 0.3) is 6.47 Å². The van der Waals surface area contributed by atoms with Gasteiger partial charge in [0.15, 0.2) is 0 Å². The number of ether oxygens (including phenoxy) is 1. The Bertz CT molecular complexity index is 716. The topological polar surface area (TPSA) is 63.6 Å². The summed E-state index contributed by atoms with van der Waals surface area (Å²) in [4.78, 5) is 21.7. The van der Waals surface area contributed by atoms with Gasteiger partial charge in [-0.25, -0.2) is 0 Å². The van der Waals surface area contributed by atoms with Gasteiger partial charge in [-0.2, -0.15) is 0 Å². The molecule has 1 aromatic rings. The predicted molar refractivity (Wildman–Crippen MR) is 121 cm³/mol. The number of rotatable bonds is 15. The molecule has 168 valence electrons. The molecule has 0 bridgehead atoms. The molecule has 0 atom stereocenters. The molecule has 0 aromatic heterocycles. The van der Waals surface area contributed by atoms with Crippen LogP contribution in [0.4, 0.5) is 0 Å². The summed E-state index contributed by atoms with van der Waals surface area (Å²) < 4.78 is 5.23. The number of aliphatic carboxylic acids is 1. The van der Waals surface area contributed by atoms with Crippen molar-refractivity contribution >= 4 is 12.4 Å². The second-order valence-electron chi connectivity index (χ2n) is 9.84. The van der Waals surface area contributed by atoms with Crippen molar-refractivity contribution in [3.8, 4) is 0 Å². The van der Waals surface area contributed by atoms with Crippen LogP contribution in [0.5, 0.6) is 0 Å². The molecule has 0 heterocycles. The molecule has 0 spiro atoms. The quantitative estimate of drug-likeness (QED) is 0.268. The Morgan fingerprint density at radius 2 is 1.53 bits per heavy atom. The van der Waals surface area contributed by atoms with Gasteiger partial charge in [-0.3, -0.25) is 9.59 Å². The van der Waals surface area contributed by atoms with E-state index in [9.17, 15) is 14.7 Å². The third-order valence-electron chi connectivity index (χ3n) is 7.02. The molecular formula is C26H40O4. The molecule has 1 N–H and O–H groups in total. The normalized spacial score (nSPS) is 15.1. The number of carbonyl (C=O) groups is 2. The molecule has 1 aliphatic carbocycles. The molecule has 1 saturated carbocycles. The fraction of sp³-hybridized carbons (Fsp3) is 0.692. The van der Waals surface area contributed by atoms with Crippen LogP contribution in [0.1, 0.15) is 100 Å². The highest BCUT2D eigenvalue weighted by Crippen LogP contribution is 2.43. The van der Waals surface area contributed by atoms with Crippen LogP contribution in [0, 0.1) is 19.3 Å². The number of benzene rings is 1. The van der Waals surface area contributed by atoms with E-state index in [4.69, 9.17) is 4.74 Å². The highest BCUT2D eigenvalue weighted by molar-refractivity contribution is 5.73. The SMILES string of the molecule is Cc1c(CCCCCCC(C)(C)C(=O)O)ccc(CCCCC2(OC=O)CC2)c1C. The minimum atomic E-state index is -0.699. The first-order valence-corrected chi connectivity index (χ1v) is 11.6. The Morgan fingerprint density at radius 1 is 1.00 bits per heavy atom. The maximum absolute atomic E-state index is 11.2. The first kappa shape index (κ1) is 24.4. The van der Waals surface area contributed by atoms with Crippen LogP contribution >= 0.6 is 0 Å². The first-order valence-electron chi connectivity index (χ1n) is 11.6. The lowest BCUT2D eigenvalue weighted by atomic mass is 9.87. The molecule has 1 aliphatic rings. The van der Waals surface area contributed by atoms with Crippen LogP contribution < -0.4 is 0 Å². The van der Waals surface area contributed by atoms with E-state index in [1.54, 1.807) is 0 Å². The molecule has 30 heavy (non-hydrogen) atoms. The van der Waals surface area contributed by atoms with E-state index in [0.29, 0.717) is 6.47 Å². The first-order chi connectivity index (χ1) is 14.2. The third kappa shape index (κ3) is 7.14. The van der Waals surface area contributed by atoms with Crippen molar-refractivity contribution < 1.29 is 19.4 Å². The lowest BCUT2D eigenvalue weighted by Gasteiger charge is -2.18. The van der Waals surface area contributed by atoms with Crippen LogP contribution in [0.15, 0.2) is 12.1 Å². The third-order valence-corrected chi connectivity index (χ3v) is 7.02. The molecule has 0 radical (unpaired) electrons. The number of carboxylic acid groups (broad SMARTS) is 1. The van der Waals surface area contributed by atoms with Crippen LogP contribution in [-0.4, -0.2) is 23.1 Å². The van der Waals surface area contributed by atoms with Crippen molar-refractivity contribution in [3.63, 3.8) is 0 Å². The molecule has 0 saturated heterocycles. The highest BCUT2D eigenvalue weighted by Gasteiger charge is 2.44. The van der Waals surface area contributed by atoms with Crippen molar-refractivity contribution in [2.24, 2.45) is 5.41 Å². The molecule has 4 nitrogen and oxygen atoms in total. The summed E-state index contributed by atoms with van der Waals surface area (Å²) in [6.45, 7) is 8.70. The maximum atomic E-state index is 11.2. The van der Waals surface area contributed by atoms with E-state index in [1.165, 1.54) is 22.3 Å². The number of carbonyl (C=O) groups excluding carboxylic acids is 1. The summed E-state index contributed by atoms with van der Waals surface area (Å²) in [7, 11) is 0. The zero-order chi connectivity index (χ0) is 22.2. The molecule has 1 fully saturated rings. The van der Waals surface area contributed by atoms with Gasteiger partial charge in [0.05, 0.1) is 5.41 Å². The van der Waals surface area contributed by atoms with E-state index in [2.05, 4.69) is 26.0 Å². The summed E-state index contributed by atoms with van der Waals surface area (Å²) in [5.41, 5.74) is 4.99. The Balaban J connectivity index is 1.70. The second-order valence-corrected chi connectivity index (χ2v) is 9.84. The maximum Gasteiger partial charge on any atom is 0.309 e. The lowest BCUT2D eigenvalue weighted by molar-refractivity contribution is -0.147. The summed E-state index contributed by atoms with van der Waals surface area (Å²) in [5.74, 6) is -0.699. The van der Waals surface area contributed by atoms with Gasteiger partial charge in [-0.15, -0.1) is 0 Å². The van der Waals surface area contributed by atoms with E-state index >= 15 is 0 Å². The van der Waals surface area contributed by atoms with Gasteiger partial charge in [0, 0.05) is 0 Å². The largest absolute Gasteiger partial charge is 0.481 e. The Morgan fingerprint density at radius 3 is 2.03 bits per heavy atom. The van der Waals surface area contributed by atoms with Crippen molar-refractivity contribution in [2.45, 2.75) is 110 Å². The Kier molecular flexibility index (Phi) is 8.93. The average molecular weight is 417 g/mol. The Labute approximate surface area is 182 Å². The van der Waals surface area contributed by atoms with Gasteiger partial charge in [-0.05, 0) is 108 Å². The predicted octanol–water partition coefficient (Wildman–Crippen LogP) is 6.33. The number of aryl methyl sites for hydroxylation is 2. The zero-order valence-electron chi connectivity index (χ0n) is 19.4. The molecule has 0 amide bonds. The average Bonchev–Trinajstić information content (AvgIpc) is 3.46. The number of hydrogen-bond donors (Lipinski definition) is 1. The summed E-state index contributed by atoms with van der Waals surface area (Å²) >= 11 is 0. The minimum absolute atomic E-state index is 0.125. The molecule has 1 aromatic carbocycles. The number of hydrogen-bond acceptors (Lipinski definition) is 3. The van der Waals surface area contributed by atoms with E-state index in [-0.39, 0.29) is 5.60 Å². The van der Waals surface area contributed by atoms with Gasteiger partial charge in [-0.1, -0.05) is 31.4 Å². The second kappa shape index (κ2) is 11.0. The molecule has 2 rings (SSSR count). The van der Waals surface area contributed by atoms with Gasteiger partial charge in [0.2, 0.25) is 0 Å². The smallest absolute Gasteiger partial charge is 0.309 e. The van der Waals surface area contributed by atoms with E-state index in [1.807, 2.05) is 13.8 Å². The van der Waals surface area contributed by atoms with Gasteiger partial charge >= 0.3 is 5.97 Å². The van der Waals surface area contributed by atoms with Crippen LogP contribution in [0.2, 0.25) is 0 Å². The highest BCUT2D eigenvalue weighted by atomic mass is 16.5. The van der Waals surface area contributed by atoms with Crippen molar-refractivity contribution in [1.82, 2.24) is 0 Å². The molecule has 0 aliphatic heterocycles. The number of unbranched alkanes of at least 4 members (excludes halogenated alkanes) is 4. The standard InChI is InChI=1S/C26H40O4/c1-20-21(2)23(12-8-10-16-26(17-18-26)30-19-27)14-13-22(20)11-7-5-6-9-15-25(3,4)24(28)29/h13-14,19H,5-12,15-18H2,1-4H3,(H,28,29). The zero-order valence-corrected chi connectivity index (χ0v) is 19.4. The summed E-state index contributed by atoms with van der Waals surface area (Å²) in [5, 5.41) is 9.18. The van der Waals surface area contributed by atoms with Gasteiger partial charge in [0.1, 0.15) is 5.60 Å². The summed E-state index contributed by atoms with van der Waals surface area (Å²) in [6.07, 6.45) is 12.6. The molecule has 0 unspecified atom stereocenters. The van der Waals surface area contributed by atoms with Crippen molar-refractivity contribution in [3.05, 3.63) is 34.4 Å². The minimum Gasteiger partial charge on any atom is -0.481 e. The van der Waals surface area contributed by atoms with Crippen LogP contribution in [-0.2, 0) is 27.2 Å². The Hall–Kier alpha value is -1.84. The van der Waals surface area contributed by atoms with E-state index in [0.717, 1.165) is 77.0 Å². The van der Waals surface area contributed by atoms with Crippen molar-refractivity contribution in [1.29, 1.82) is 0 Å². The van der Waals surface area contributed by atoms with E-state index < -0.39 is 11.4 Å². The monoisotopic (exact) mass is 416 g/mol. The van der Waals surface area contributed by atoms with Crippen molar-refractivity contribution in [2.75, 3.05) is 0 Å². The lowest BCUT2D eigenvalue weighted by Crippen LogP contribution is -2.23. The molecule has 4 heteroatoms. The fourth-order valence-electron chi connectivity index (χ4n) is 4.25. The number of carboxylic acids is 1. The van der Waals surface area contributed by atoms with Crippen LogP contribution in [0.25, 0.3) is 0 Å². The van der Waals surface area contributed by atoms with Gasteiger partial charge < -0.3 is 9.84 Å².